The molecule has 1 rings (SSSR count). The minimum atomic E-state index is 0.125. The highest BCUT2D eigenvalue weighted by Crippen LogP contribution is 2.18. The maximum absolute atomic E-state index is 5.45. The van der Waals surface area contributed by atoms with Crippen LogP contribution in [-0.2, 0) is 11.3 Å². The van der Waals surface area contributed by atoms with Gasteiger partial charge in [-0.25, -0.2) is 4.98 Å². The van der Waals surface area contributed by atoms with E-state index >= 15 is 0 Å². The Labute approximate surface area is 129 Å². The Kier molecular flexibility index (Phi) is 7.12. The Morgan fingerprint density at radius 2 is 2.00 bits per heavy atom. The van der Waals surface area contributed by atoms with Crippen molar-refractivity contribution in [1.29, 1.82) is 0 Å². The first-order valence-electron chi connectivity index (χ1n) is 7.90. The number of ether oxygens (including phenoxy) is 1. The van der Waals surface area contributed by atoms with Crippen LogP contribution in [0.1, 0.15) is 45.7 Å². The zero-order valence-electron chi connectivity index (χ0n) is 14.5. The van der Waals surface area contributed by atoms with Crippen LogP contribution in [-0.4, -0.2) is 36.8 Å². The number of likely N-dealkylation sites (N-methyl/N-ethyl adjacent to an activating group) is 1. The first-order chi connectivity index (χ1) is 9.87. The van der Waals surface area contributed by atoms with Crippen molar-refractivity contribution in [3.8, 4) is 0 Å². The fraction of sp³-hybridized carbons (Fsp3) is 0.706. The van der Waals surface area contributed by atoms with Crippen molar-refractivity contribution < 1.29 is 4.74 Å². The molecule has 120 valence electrons. The van der Waals surface area contributed by atoms with Gasteiger partial charge in [-0.1, -0.05) is 0 Å². The van der Waals surface area contributed by atoms with Crippen molar-refractivity contribution in [1.82, 2.24) is 10.3 Å². The van der Waals surface area contributed by atoms with E-state index < -0.39 is 0 Å². The lowest BCUT2D eigenvalue weighted by Gasteiger charge is -2.24. The Hall–Kier alpha value is -1.13. The lowest BCUT2D eigenvalue weighted by atomic mass is 10.1. The summed E-state index contributed by atoms with van der Waals surface area (Å²) in [5, 5.41) is 3.50. The standard InChI is InChI=1S/C17H31N3O/c1-7-20(9-10-21-8-2)16-14(3)11-15(12-18-16)13-19-17(4,5)6/h11-12,19H,7-10,13H2,1-6H3. The smallest absolute Gasteiger partial charge is 0.131 e. The maximum Gasteiger partial charge on any atom is 0.131 e. The van der Waals surface area contributed by atoms with E-state index in [-0.39, 0.29) is 5.54 Å². The van der Waals surface area contributed by atoms with E-state index in [1.165, 1.54) is 11.1 Å². The minimum absolute atomic E-state index is 0.125. The number of rotatable bonds is 8. The molecule has 0 radical (unpaired) electrons. The highest BCUT2D eigenvalue weighted by atomic mass is 16.5. The number of anilines is 1. The topological polar surface area (TPSA) is 37.4 Å². The van der Waals surface area contributed by atoms with Gasteiger partial charge in [-0.15, -0.1) is 0 Å². The molecule has 4 nitrogen and oxygen atoms in total. The van der Waals surface area contributed by atoms with Gasteiger partial charge in [-0.05, 0) is 58.7 Å². The third-order valence-electron chi connectivity index (χ3n) is 3.32. The SMILES string of the molecule is CCOCCN(CC)c1ncc(CNC(C)(C)C)cc1C. The summed E-state index contributed by atoms with van der Waals surface area (Å²) in [5.41, 5.74) is 2.58. The first kappa shape index (κ1) is 17.9. The molecule has 0 fully saturated rings. The lowest BCUT2D eigenvalue weighted by molar-refractivity contribution is 0.154. The molecule has 0 bridgehead atoms. The van der Waals surface area contributed by atoms with Gasteiger partial charge in [0.15, 0.2) is 0 Å². The summed E-state index contributed by atoms with van der Waals surface area (Å²) in [6.45, 7) is 17.0. The number of nitrogens with one attached hydrogen (secondary N) is 1. The van der Waals surface area contributed by atoms with Gasteiger partial charge in [0.1, 0.15) is 5.82 Å². The fourth-order valence-electron chi connectivity index (χ4n) is 2.15. The van der Waals surface area contributed by atoms with Crippen molar-refractivity contribution in [3.05, 3.63) is 23.4 Å². The highest BCUT2D eigenvalue weighted by molar-refractivity contribution is 5.47. The van der Waals surface area contributed by atoms with Gasteiger partial charge in [0, 0.05) is 38.0 Å². The Balaban J connectivity index is 2.71. The molecule has 0 aliphatic heterocycles. The van der Waals surface area contributed by atoms with E-state index in [2.05, 4.69) is 55.9 Å². The van der Waals surface area contributed by atoms with Gasteiger partial charge < -0.3 is 15.0 Å². The fourth-order valence-corrected chi connectivity index (χ4v) is 2.15. The van der Waals surface area contributed by atoms with Crippen molar-refractivity contribution in [3.63, 3.8) is 0 Å². The van der Waals surface area contributed by atoms with E-state index in [4.69, 9.17) is 4.74 Å². The van der Waals surface area contributed by atoms with E-state index in [1.54, 1.807) is 0 Å². The highest BCUT2D eigenvalue weighted by Gasteiger charge is 2.12. The molecule has 1 aromatic rings. The van der Waals surface area contributed by atoms with Gasteiger partial charge in [-0.3, -0.25) is 0 Å². The number of nitrogens with zero attached hydrogens (tertiary/aromatic N) is 2. The van der Waals surface area contributed by atoms with Gasteiger partial charge in [0.25, 0.3) is 0 Å². The number of hydrogen-bond donors (Lipinski definition) is 1. The van der Waals surface area contributed by atoms with Gasteiger partial charge in [-0.2, -0.15) is 0 Å². The molecule has 0 saturated carbocycles. The molecule has 0 unspecified atom stereocenters. The van der Waals surface area contributed by atoms with Gasteiger partial charge in [0.2, 0.25) is 0 Å². The van der Waals surface area contributed by atoms with Crippen molar-refractivity contribution >= 4 is 5.82 Å². The molecule has 0 aromatic carbocycles. The summed E-state index contributed by atoms with van der Waals surface area (Å²) in [6, 6.07) is 2.23. The Morgan fingerprint density at radius 3 is 2.52 bits per heavy atom. The van der Waals surface area contributed by atoms with Crippen LogP contribution in [0.5, 0.6) is 0 Å². The molecular weight excluding hydrogens is 262 g/mol. The Bertz CT molecular complexity index is 427. The van der Waals surface area contributed by atoms with E-state index in [1.807, 2.05) is 13.1 Å². The molecule has 4 heteroatoms. The summed E-state index contributed by atoms with van der Waals surface area (Å²) in [4.78, 5) is 6.93. The summed E-state index contributed by atoms with van der Waals surface area (Å²) in [7, 11) is 0. The van der Waals surface area contributed by atoms with Gasteiger partial charge in [0.05, 0.1) is 6.61 Å². The van der Waals surface area contributed by atoms with Gasteiger partial charge >= 0.3 is 0 Å². The van der Waals surface area contributed by atoms with Crippen LogP contribution in [0.2, 0.25) is 0 Å². The number of aromatic nitrogens is 1. The van der Waals surface area contributed by atoms with Crippen LogP contribution in [0, 0.1) is 6.92 Å². The van der Waals surface area contributed by atoms with Crippen LogP contribution >= 0.6 is 0 Å². The van der Waals surface area contributed by atoms with E-state index in [0.29, 0.717) is 0 Å². The molecule has 1 N–H and O–H groups in total. The quantitative estimate of drug-likeness (QED) is 0.747. The summed E-state index contributed by atoms with van der Waals surface area (Å²) >= 11 is 0. The second kappa shape index (κ2) is 8.35. The van der Waals surface area contributed by atoms with Crippen molar-refractivity contribution in [2.45, 2.75) is 53.6 Å². The average Bonchev–Trinajstić information content (AvgIpc) is 2.42. The molecule has 1 heterocycles. The zero-order valence-corrected chi connectivity index (χ0v) is 14.5. The molecule has 0 spiro atoms. The molecule has 21 heavy (non-hydrogen) atoms. The molecule has 0 atom stereocenters. The summed E-state index contributed by atoms with van der Waals surface area (Å²) in [6.07, 6.45) is 1.98. The summed E-state index contributed by atoms with van der Waals surface area (Å²) < 4.78 is 5.45. The first-order valence-corrected chi connectivity index (χ1v) is 7.90. The average molecular weight is 293 g/mol. The minimum Gasteiger partial charge on any atom is -0.380 e. The molecule has 0 amide bonds. The molecule has 0 saturated heterocycles. The maximum atomic E-state index is 5.45. The molecule has 1 aromatic heterocycles. The summed E-state index contributed by atoms with van der Waals surface area (Å²) in [5.74, 6) is 1.07. The van der Waals surface area contributed by atoms with E-state index in [9.17, 15) is 0 Å². The molecular formula is C17H31N3O. The normalized spacial score (nSPS) is 11.7. The molecule has 0 aliphatic rings. The number of aryl methyl sites for hydroxylation is 1. The second-order valence-electron chi connectivity index (χ2n) is 6.36. The molecule has 0 aliphatic carbocycles. The number of hydrogen-bond acceptors (Lipinski definition) is 4. The van der Waals surface area contributed by atoms with Crippen LogP contribution in [0.25, 0.3) is 0 Å². The van der Waals surface area contributed by atoms with Crippen molar-refractivity contribution in [2.75, 3.05) is 31.2 Å². The predicted molar refractivity (Wildman–Crippen MR) is 89.9 cm³/mol. The monoisotopic (exact) mass is 293 g/mol. The van der Waals surface area contributed by atoms with Crippen LogP contribution < -0.4 is 10.2 Å². The largest absolute Gasteiger partial charge is 0.380 e. The second-order valence-corrected chi connectivity index (χ2v) is 6.36. The van der Waals surface area contributed by atoms with Crippen LogP contribution in [0.4, 0.5) is 5.82 Å². The third kappa shape index (κ3) is 6.44. The predicted octanol–water partition coefficient (Wildman–Crippen LogP) is 3.14. The third-order valence-corrected chi connectivity index (χ3v) is 3.32. The lowest BCUT2D eigenvalue weighted by Crippen LogP contribution is -2.35. The van der Waals surface area contributed by atoms with Crippen LogP contribution in [0.3, 0.4) is 0 Å². The Morgan fingerprint density at radius 1 is 1.29 bits per heavy atom. The number of pyridine rings is 1. The van der Waals surface area contributed by atoms with E-state index in [0.717, 1.165) is 38.7 Å². The zero-order chi connectivity index (χ0) is 15.9. The van der Waals surface area contributed by atoms with Crippen molar-refractivity contribution in [2.24, 2.45) is 0 Å². The van der Waals surface area contributed by atoms with Crippen LogP contribution in [0.15, 0.2) is 12.3 Å².